The lowest BCUT2D eigenvalue weighted by atomic mass is 10.0. The topological polar surface area (TPSA) is 135 Å². The summed E-state index contributed by atoms with van der Waals surface area (Å²) in [7, 11) is 0. The van der Waals surface area contributed by atoms with Gasteiger partial charge in [-0.25, -0.2) is 9.78 Å². The number of nitrogens with one attached hydrogen (secondary N) is 1. The predicted octanol–water partition coefficient (Wildman–Crippen LogP) is 3.11. The Kier molecular flexibility index (Phi) is 8.19. The highest BCUT2D eigenvalue weighted by molar-refractivity contribution is 6.37. The minimum Gasteiger partial charge on any atom is -0.465 e. The monoisotopic (exact) mass is 527 g/mol. The third kappa shape index (κ3) is 5.88. The Balaban J connectivity index is 1.81. The van der Waals surface area contributed by atoms with Crippen molar-refractivity contribution in [3.05, 3.63) is 51.1 Å². The summed E-state index contributed by atoms with van der Waals surface area (Å²) in [4.78, 5) is 57.0. The molecule has 2 heterocycles. The molecule has 1 atom stereocenters. The van der Waals surface area contributed by atoms with Gasteiger partial charge >= 0.3 is 12.0 Å². The van der Waals surface area contributed by atoms with Crippen LogP contribution in [0.15, 0.2) is 30.3 Å². The van der Waals surface area contributed by atoms with Crippen LogP contribution in [-0.2, 0) is 14.3 Å². The number of ether oxygens (including phenoxy) is 1. The fourth-order valence-electron chi connectivity index (χ4n) is 3.34. The highest BCUT2D eigenvalue weighted by Gasteiger charge is 2.43. The van der Waals surface area contributed by atoms with Crippen molar-refractivity contribution in [2.75, 3.05) is 37.3 Å². The van der Waals surface area contributed by atoms with Crippen molar-refractivity contribution in [2.24, 2.45) is 0 Å². The SMILES string of the molecule is CCOC(=O)CN1C(=O)N(CC(=O)Nc2nc(Cl)ccc2N)CC1C(=O)c1ccc(Cl)cc1Cl. The van der Waals surface area contributed by atoms with Gasteiger partial charge in [0.05, 0.1) is 23.9 Å². The second-order valence-corrected chi connectivity index (χ2v) is 8.45. The van der Waals surface area contributed by atoms with E-state index in [-0.39, 0.29) is 40.4 Å². The first-order valence-electron chi connectivity index (χ1n) is 10.0. The Morgan fingerprint density at radius 3 is 2.59 bits per heavy atom. The van der Waals surface area contributed by atoms with E-state index in [1.807, 2.05) is 0 Å². The van der Waals surface area contributed by atoms with Crippen LogP contribution in [0, 0.1) is 0 Å². The molecule has 180 valence electrons. The maximum absolute atomic E-state index is 13.2. The number of benzene rings is 1. The third-order valence-corrected chi connectivity index (χ3v) is 5.63. The van der Waals surface area contributed by atoms with Gasteiger partial charge in [0.2, 0.25) is 5.91 Å². The van der Waals surface area contributed by atoms with Crippen LogP contribution in [0.25, 0.3) is 0 Å². The average molecular weight is 529 g/mol. The number of carbonyl (C=O) groups is 4. The zero-order valence-electron chi connectivity index (χ0n) is 17.9. The number of carbonyl (C=O) groups excluding carboxylic acids is 4. The Morgan fingerprint density at radius 1 is 1.18 bits per heavy atom. The lowest BCUT2D eigenvalue weighted by Gasteiger charge is -2.21. The second-order valence-electron chi connectivity index (χ2n) is 7.22. The summed E-state index contributed by atoms with van der Waals surface area (Å²) < 4.78 is 4.93. The number of ketones is 1. The lowest BCUT2D eigenvalue weighted by Crippen LogP contribution is -2.43. The molecule has 1 aromatic carbocycles. The number of hydrogen-bond donors (Lipinski definition) is 2. The molecule has 2 aromatic rings. The number of halogens is 3. The number of urea groups is 1. The van der Waals surface area contributed by atoms with Gasteiger partial charge in [0.15, 0.2) is 11.6 Å². The number of aromatic nitrogens is 1. The quantitative estimate of drug-likeness (QED) is 0.305. The molecule has 1 aliphatic rings. The van der Waals surface area contributed by atoms with E-state index >= 15 is 0 Å². The van der Waals surface area contributed by atoms with Crippen molar-refractivity contribution < 1.29 is 23.9 Å². The molecule has 34 heavy (non-hydrogen) atoms. The number of esters is 1. The molecular formula is C21H20Cl3N5O5. The van der Waals surface area contributed by atoms with Crippen molar-refractivity contribution in [1.82, 2.24) is 14.8 Å². The molecule has 1 saturated heterocycles. The standard InChI is InChI=1S/C21H20Cl3N5O5/c1-2-34-18(31)10-29-15(19(32)12-4-3-11(22)7-13(12)23)8-28(21(29)33)9-17(30)27-20-14(25)5-6-16(24)26-20/h3-7,15H,2,8-10,25H2,1H3,(H,26,27,30). The molecule has 3 rings (SSSR count). The number of rotatable bonds is 8. The van der Waals surface area contributed by atoms with E-state index in [4.69, 9.17) is 45.3 Å². The van der Waals surface area contributed by atoms with E-state index in [1.165, 1.54) is 30.3 Å². The van der Waals surface area contributed by atoms with Crippen molar-refractivity contribution in [3.8, 4) is 0 Å². The van der Waals surface area contributed by atoms with Crippen LogP contribution in [0.3, 0.4) is 0 Å². The van der Waals surface area contributed by atoms with E-state index in [0.29, 0.717) is 5.02 Å². The Morgan fingerprint density at radius 2 is 1.91 bits per heavy atom. The summed E-state index contributed by atoms with van der Waals surface area (Å²) in [5.41, 5.74) is 6.09. The molecule has 13 heteroatoms. The van der Waals surface area contributed by atoms with Gasteiger partial charge < -0.3 is 25.6 Å². The number of hydrogen-bond acceptors (Lipinski definition) is 7. The molecule has 1 fully saturated rings. The number of nitrogen functional groups attached to an aromatic ring is 1. The number of nitrogens with two attached hydrogens (primary N) is 1. The van der Waals surface area contributed by atoms with Crippen LogP contribution < -0.4 is 11.1 Å². The molecule has 0 radical (unpaired) electrons. The number of amides is 3. The van der Waals surface area contributed by atoms with Gasteiger partial charge in [-0.15, -0.1) is 0 Å². The van der Waals surface area contributed by atoms with Gasteiger partial charge in [-0.1, -0.05) is 34.8 Å². The van der Waals surface area contributed by atoms with Gasteiger partial charge in [0, 0.05) is 10.6 Å². The number of nitrogens with zero attached hydrogens (tertiary/aromatic N) is 3. The molecular weight excluding hydrogens is 509 g/mol. The largest absolute Gasteiger partial charge is 0.465 e. The van der Waals surface area contributed by atoms with Gasteiger partial charge in [-0.2, -0.15) is 0 Å². The van der Waals surface area contributed by atoms with Crippen LogP contribution in [0.2, 0.25) is 15.2 Å². The molecule has 3 N–H and O–H groups in total. The summed E-state index contributed by atoms with van der Waals surface area (Å²) in [6.07, 6.45) is 0. The Hall–Kier alpha value is -3.08. The summed E-state index contributed by atoms with van der Waals surface area (Å²) in [6.45, 7) is 0.649. The highest BCUT2D eigenvalue weighted by atomic mass is 35.5. The number of Topliss-reactive ketones (excluding diaryl/α,β-unsaturated/α-hetero) is 1. The number of anilines is 2. The van der Waals surface area contributed by atoms with E-state index in [9.17, 15) is 19.2 Å². The van der Waals surface area contributed by atoms with Crippen LogP contribution in [0.4, 0.5) is 16.3 Å². The average Bonchev–Trinajstić information content (AvgIpc) is 3.05. The molecule has 1 aromatic heterocycles. The van der Waals surface area contributed by atoms with Crippen LogP contribution in [0.5, 0.6) is 0 Å². The summed E-state index contributed by atoms with van der Waals surface area (Å²) in [6, 6.07) is 5.47. The van der Waals surface area contributed by atoms with Crippen molar-refractivity contribution in [2.45, 2.75) is 13.0 Å². The normalized spacial score (nSPS) is 15.4. The van der Waals surface area contributed by atoms with E-state index in [0.717, 1.165) is 9.80 Å². The molecule has 0 aliphatic carbocycles. The molecule has 3 amide bonds. The van der Waals surface area contributed by atoms with Gasteiger partial charge in [-0.05, 0) is 37.3 Å². The maximum Gasteiger partial charge on any atom is 0.325 e. The predicted molar refractivity (Wildman–Crippen MR) is 127 cm³/mol. The van der Waals surface area contributed by atoms with E-state index in [1.54, 1.807) is 6.92 Å². The first-order chi connectivity index (χ1) is 16.1. The van der Waals surface area contributed by atoms with E-state index in [2.05, 4.69) is 10.3 Å². The van der Waals surface area contributed by atoms with Gasteiger partial charge in [0.25, 0.3) is 0 Å². The first-order valence-corrected chi connectivity index (χ1v) is 11.2. The molecule has 1 unspecified atom stereocenters. The fraction of sp³-hybridized carbons (Fsp3) is 0.286. The molecule has 0 spiro atoms. The van der Waals surface area contributed by atoms with Crippen LogP contribution in [-0.4, -0.2) is 70.8 Å². The maximum atomic E-state index is 13.2. The molecule has 10 nitrogen and oxygen atoms in total. The third-order valence-electron chi connectivity index (χ3n) is 4.87. The van der Waals surface area contributed by atoms with Crippen molar-refractivity contribution in [3.63, 3.8) is 0 Å². The zero-order valence-corrected chi connectivity index (χ0v) is 20.2. The van der Waals surface area contributed by atoms with Gasteiger partial charge in [0.1, 0.15) is 24.3 Å². The van der Waals surface area contributed by atoms with E-state index < -0.39 is 42.8 Å². The summed E-state index contributed by atoms with van der Waals surface area (Å²) >= 11 is 17.9. The Bertz CT molecular complexity index is 1150. The molecule has 0 bridgehead atoms. The zero-order chi connectivity index (χ0) is 25.0. The summed E-state index contributed by atoms with van der Waals surface area (Å²) in [5.74, 6) is -1.79. The highest BCUT2D eigenvalue weighted by Crippen LogP contribution is 2.26. The second kappa shape index (κ2) is 10.9. The van der Waals surface area contributed by atoms with Gasteiger partial charge in [-0.3, -0.25) is 14.4 Å². The summed E-state index contributed by atoms with van der Waals surface area (Å²) in [5, 5.41) is 3.03. The molecule has 1 aliphatic heterocycles. The smallest absolute Gasteiger partial charge is 0.325 e. The minimum absolute atomic E-state index is 0.0353. The Labute approximate surface area is 209 Å². The minimum atomic E-state index is -1.09. The lowest BCUT2D eigenvalue weighted by molar-refractivity contribution is -0.143. The van der Waals surface area contributed by atoms with Crippen LogP contribution in [0.1, 0.15) is 17.3 Å². The van der Waals surface area contributed by atoms with Crippen LogP contribution >= 0.6 is 34.8 Å². The number of pyridine rings is 1. The van der Waals surface area contributed by atoms with Crippen molar-refractivity contribution in [1.29, 1.82) is 0 Å². The molecule has 0 saturated carbocycles. The fourth-order valence-corrected chi connectivity index (χ4v) is 3.99. The first kappa shape index (κ1) is 25.5. The van der Waals surface area contributed by atoms with Crippen molar-refractivity contribution >= 4 is 70.0 Å².